The number of carbonyl (C=O) groups excluding carboxylic acids is 1. The van der Waals surface area contributed by atoms with Crippen LogP contribution < -0.4 is 4.74 Å². The Morgan fingerprint density at radius 3 is 2.65 bits per heavy atom. The lowest BCUT2D eigenvalue weighted by molar-refractivity contribution is 0.0661. The predicted octanol–water partition coefficient (Wildman–Crippen LogP) is 2.82. The van der Waals surface area contributed by atoms with Crippen molar-refractivity contribution in [1.29, 1.82) is 0 Å². The van der Waals surface area contributed by atoms with Crippen LogP contribution in [0.2, 0.25) is 0 Å². The van der Waals surface area contributed by atoms with Gasteiger partial charge in [-0.2, -0.15) is 0 Å². The molecular weight excluding hydrogens is 354 g/mol. The van der Waals surface area contributed by atoms with Crippen LogP contribution in [0, 0.1) is 6.92 Å². The second-order valence-corrected chi connectivity index (χ2v) is 8.66. The van der Waals surface area contributed by atoms with E-state index in [1.807, 2.05) is 32.0 Å². The normalized spacial score (nSPS) is 18.6. The zero-order valence-corrected chi connectivity index (χ0v) is 15.8. The van der Waals surface area contributed by atoms with Gasteiger partial charge >= 0.3 is 0 Å². The van der Waals surface area contributed by atoms with Crippen LogP contribution in [0.5, 0.6) is 5.75 Å². The largest absolute Gasteiger partial charge is 0.493 e. The molecule has 6 nitrogen and oxygen atoms in total. The molecule has 0 aliphatic carbocycles. The van der Waals surface area contributed by atoms with Gasteiger partial charge in [0.05, 0.1) is 30.2 Å². The molecule has 2 aromatic rings. The maximum atomic E-state index is 13.3. The van der Waals surface area contributed by atoms with E-state index in [-0.39, 0.29) is 30.0 Å². The number of hydrogen-bond acceptors (Lipinski definition) is 5. The maximum Gasteiger partial charge on any atom is 0.258 e. The van der Waals surface area contributed by atoms with Crippen molar-refractivity contribution in [3.8, 4) is 5.75 Å². The van der Waals surface area contributed by atoms with Crippen molar-refractivity contribution in [2.45, 2.75) is 32.9 Å². The molecule has 1 aliphatic heterocycles. The summed E-state index contributed by atoms with van der Waals surface area (Å²) in [5, 5.41) is 0. The van der Waals surface area contributed by atoms with E-state index >= 15 is 0 Å². The Morgan fingerprint density at radius 2 is 2.04 bits per heavy atom. The summed E-state index contributed by atoms with van der Waals surface area (Å²) in [5.74, 6) is 1.72. The summed E-state index contributed by atoms with van der Waals surface area (Å²) in [6.07, 6.45) is 0.435. The first-order valence-corrected chi connectivity index (χ1v) is 10.5. The minimum absolute atomic E-state index is 0.0186. The second kappa shape index (κ2) is 7.53. The fourth-order valence-corrected chi connectivity index (χ4v) is 4.94. The lowest BCUT2D eigenvalue weighted by atomic mass is 10.1. The van der Waals surface area contributed by atoms with Crippen molar-refractivity contribution in [1.82, 2.24) is 4.90 Å². The zero-order chi connectivity index (χ0) is 18.7. The van der Waals surface area contributed by atoms with Crippen LogP contribution in [0.4, 0.5) is 0 Å². The molecule has 3 rings (SSSR count). The summed E-state index contributed by atoms with van der Waals surface area (Å²) >= 11 is 0. The highest BCUT2D eigenvalue weighted by Crippen LogP contribution is 2.26. The molecule has 1 amide bonds. The standard InChI is InChI=1S/C19H23NO5S/c1-3-24-18-7-5-4-6-17(18)19(21)20(12-16-9-8-14(2)25-16)15-10-11-26(22,23)13-15/h4-9,15H,3,10-13H2,1-2H3/t15-/m1/s1. The van der Waals surface area contributed by atoms with Crippen LogP contribution in [0.15, 0.2) is 40.8 Å². The molecule has 7 heteroatoms. The Morgan fingerprint density at radius 1 is 1.27 bits per heavy atom. The van der Waals surface area contributed by atoms with Gasteiger partial charge in [-0.25, -0.2) is 8.42 Å². The Bertz CT molecular complexity index is 887. The van der Waals surface area contributed by atoms with E-state index in [0.717, 1.165) is 5.76 Å². The molecule has 0 unspecified atom stereocenters. The summed E-state index contributed by atoms with van der Waals surface area (Å²) < 4.78 is 35.1. The number of rotatable bonds is 6. The molecule has 2 heterocycles. The maximum absolute atomic E-state index is 13.3. The second-order valence-electron chi connectivity index (χ2n) is 6.43. The number of carbonyl (C=O) groups is 1. The number of amides is 1. The van der Waals surface area contributed by atoms with E-state index in [2.05, 4.69) is 0 Å². The lowest BCUT2D eigenvalue weighted by Crippen LogP contribution is -2.40. The molecule has 1 saturated heterocycles. The van der Waals surface area contributed by atoms with Gasteiger partial charge in [0.15, 0.2) is 9.84 Å². The third-order valence-corrected chi connectivity index (χ3v) is 6.20. The smallest absolute Gasteiger partial charge is 0.258 e. The molecule has 0 radical (unpaired) electrons. The van der Waals surface area contributed by atoms with Gasteiger partial charge in [-0.3, -0.25) is 4.79 Å². The molecule has 1 aromatic carbocycles. The molecule has 1 aliphatic rings. The highest BCUT2D eigenvalue weighted by Gasteiger charge is 2.36. The van der Waals surface area contributed by atoms with Gasteiger partial charge in [0, 0.05) is 6.04 Å². The van der Waals surface area contributed by atoms with Crippen LogP contribution in [0.1, 0.15) is 35.2 Å². The molecule has 0 bridgehead atoms. The van der Waals surface area contributed by atoms with E-state index in [1.54, 1.807) is 23.1 Å². The molecular formula is C19H23NO5S. The van der Waals surface area contributed by atoms with Crippen molar-refractivity contribution < 1.29 is 22.4 Å². The third-order valence-electron chi connectivity index (χ3n) is 4.45. The van der Waals surface area contributed by atoms with Crippen LogP contribution in [-0.2, 0) is 16.4 Å². The quantitative estimate of drug-likeness (QED) is 0.774. The molecule has 0 N–H and O–H groups in total. The first-order valence-electron chi connectivity index (χ1n) is 8.68. The first kappa shape index (κ1) is 18.5. The van der Waals surface area contributed by atoms with Crippen LogP contribution in [0.25, 0.3) is 0 Å². The third kappa shape index (κ3) is 4.09. The number of benzene rings is 1. The van der Waals surface area contributed by atoms with E-state index in [4.69, 9.17) is 9.15 Å². The Hall–Kier alpha value is -2.28. The van der Waals surface area contributed by atoms with Gasteiger partial charge in [0.1, 0.15) is 17.3 Å². The molecule has 0 spiro atoms. The van der Waals surface area contributed by atoms with Crippen LogP contribution in [0.3, 0.4) is 0 Å². The number of ether oxygens (including phenoxy) is 1. The van der Waals surface area contributed by atoms with Gasteiger partial charge < -0.3 is 14.1 Å². The summed E-state index contributed by atoms with van der Waals surface area (Å²) in [7, 11) is -3.12. The summed E-state index contributed by atoms with van der Waals surface area (Å²) in [6.45, 7) is 4.36. The molecule has 1 aromatic heterocycles. The Kier molecular flexibility index (Phi) is 5.36. The van der Waals surface area contributed by atoms with Gasteiger partial charge in [0.2, 0.25) is 0 Å². The van der Waals surface area contributed by atoms with Crippen molar-refractivity contribution in [2.24, 2.45) is 0 Å². The molecule has 1 atom stereocenters. The predicted molar refractivity (Wildman–Crippen MR) is 98.0 cm³/mol. The monoisotopic (exact) mass is 377 g/mol. The molecule has 0 saturated carbocycles. The molecule has 26 heavy (non-hydrogen) atoms. The number of para-hydroxylation sites is 1. The highest BCUT2D eigenvalue weighted by molar-refractivity contribution is 7.91. The van der Waals surface area contributed by atoms with E-state index in [0.29, 0.717) is 30.1 Å². The SMILES string of the molecule is CCOc1ccccc1C(=O)N(Cc1ccc(C)o1)[C@@H]1CCS(=O)(=O)C1. The summed E-state index contributed by atoms with van der Waals surface area (Å²) in [5.41, 5.74) is 0.432. The number of hydrogen-bond donors (Lipinski definition) is 0. The fraction of sp³-hybridized carbons (Fsp3) is 0.421. The summed E-state index contributed by atoms with van der Waals surface area (Å²) in [6, 6.07) is 10.3. The topological polar surface area (TPSA) is 76.8 Å². The number of nitrogens with zero attached hydrogens (tertiary/aromatic N) is 1. The zero-order valence-electron chi connectivity index (χ0n) is 15.0. The Labute approximate surface area is 153 Å². The van der Waals surface area contributed by atoms with Gasteiger partial charge in [-0.05, 0) is 44.5 Å². The van der Waals surface area contributed by atoms with Gasteiger partial charge in [-0.15, -0.1) is 0 Å². The fourth-order valence-electron chi connectivity index (χ4n) is 3.21. The van der Waals surface area contributed by atoms with E-state index in [1.165, 1.54) is 0 Å². The average Bonchev–Trinajstić information content (AvgIpc) is 3.18. The first-order chi connectivity index (χ1) is 12.4. The van der Waals surface area contributed by atoms with Gasteiger partial charge in [-0.1, -0.05) is 12.1 Å². The number of sulfone groups is 1. The Balaban J connectivity index is 1.93. The lowest BCUT2D eigenvalue weighted by Gasteiger charge is -2.28. The number of aryl methyl sites for hydroxylation is 1. The average molecular weight is 377 g/mol. The number of furan rings is 1. The van der Waals surface area contributed by atoms with Crippen molar-refractivity contribution in [3.05, 3.63) is 53.5 Å². The van der Waals surface area contributed by atoms with Crippen molar-refractivity contribution in [3.63, 3.8) is 0 Å². The minimum atomic E-state index is -3.12. The summed E-state index contributed by atoms with van der Waals surface area (Å²) in [4.78, 5) is 14.9. The van der Waals surface area contributed by atoms with E-state index in [9.17, 15) is 13.2 Å². The molecule has 140 valence electrons. The molecule has 1 fully saturated rings. The van der Waals surface area contributed by atoms with E-state index < -0.39 is 9.84 Å². The van der Waals surface area contributed by atoms with Crippen LogP contribution >= 0.6 is 0 Å². The minimum Gasteiger partial charge on any atom is -0.493 e. The van der Waals surface area contributed by atoms with Crippen molar-refractivity contribution >= 4 is 15.7 Å². The van der Waals surface area contributed by atoms with Crippen LogP contribution in [-0.4, -0.2) is 43.4 Å². The highest BCUT2D eigenvalue weighted by atomic mass is 32.2. The van der Waals surface area contributed by atoms with Crippen molar-refractivity contribution in [2.75, 3.05) is 18.1 Å². The van der Waals surface area contributed by atoms with Gasteiger partial charge in [0.25, 0.3) is 5.91 Å².